The fraction of sp³-hybridized carbons (Fsp3) is 0.286. The molecule has 0 aromatic heterocycles. The Morgan fingerprint density at radius 3 is 2.12 bits per heavy atom. The molecule has 0 amide bonds. The number of ketones is 1. The lowest BCUT2D eigenvalue weighted by Crippen LogP contribution is -2.45. The van der Waals surface area contributed by atoms with Gasteiger partial charge in [0, 0.05) is 5.92 Å². The van der Waals surface area contributed by atoms with Crippen molar-refractivity contribution in [1.82, 2.24) is 5.43 Å². The van der Waals surface area contributed by atoms with E-state index in [0.29, 0.717) is 5.78 Å². The summed E-state index contributed by atoms with van der Waals surface area (Å²) in [5, 5.41) is 2.03. The van der Waals surface area contributed by atoms with Gasteiger partial charge in [0.1, 0.15) is 0 Å². The molecular weight excluding hydrogens is 296 g/mol. The Hall–Kier alpha value is -2.39. The zero-order valence-corrected chi connectivity index (χ0v) is 13.9. The molecular formula is C21H24N2O. The minimum Gasteiger partial charge on any atom is -0.298 e. The Bertz CT molecular complexity index is 629. The van der Waals surface area contributed by atoms with Crippen LogP contribution < -0.4 is 10.4 Å². The highest BCUT2D eigenvalue weighted by molar-refractivity contribution is 5.88. The average Bonchev–Trinajstić information content (AvgIpc) is 2.99. The van der Waals surface area contributed by atoms with Crippen LogP contribution >= 0.6 is 0 Å². The van der Waals surface area contributed by atoms with Gasteiger partial charge in [-0.15, -0.1) is 6.58 Å². The highest BCUT2D eigenvalue weighted by Gasteiger charge is 2.34. The number of anilines is 2. The van der Waals surface area contributed by atoms with E-state index in [9.17, 15) is 4.79 Å². The number of hydrogen-bond acceptors (Lipinski definition) is 3. The number of nitrogens with zero attached hydrogens (tertiary/aromatic N) is 1. The number of hydrogen-bond donors (Lipinski definition) is 1. The minimum absolute atomic E-state index is 0.125. The molecule has 0 spiro atoms. The van der Waals surface area contributed by atoms with Crippen molar-refractivity contribution in [2.45, 2.75) is 31.7 Å². The van der Waals surface area contributed by atoms with Crippen molar-refractivity contribution in [3.8, 4) is 0 Å². The molecule has 0 aliphatic heterocycles. The van der Waals surface area contributed by atoms with E-state index in [0.717, 1.165) is 37.1 Å². The Labute approximate surface area is 144 Å². The van der Waals surface area contributed by atoms with Crippen LogP contribution in [-0.2, 0) is 4.79 Å². The number of carbonyl (C=O) groups is 1. The van der Waals surface area contributed by atoms with Crippen molar-refractivity contribution in [2.24, 2.45) is 5.92 Å². The number of Topliss-reactive ketones (excluding diaryl/α,β-unsaturated/α-hetero) is 1. The minimum atomic E-state index is -0.125. The summed E-state index contributed by atoms with van der Waals surface area (Å²) in [6.07, 6.45) is 5.56. The molecule has 1 aliphatic rings. The maximum Gasteiger partial charge on any atom is 0.154 e. The topological polar surface area (TPSA) is 32.3 Å². The third-order valence-corrected chi connectivity index (χ3v) is 4.58. The summed E-state index contributed by atoms with van der Waals surface area (Å²) in [5.74, 6) is 0.489. The lowest BCUT2D eigenvalue weighted by atomic mass is 10.0. The summed E-state index contributed by atoms with van der Waals surface area (Å²) in [5.41, 5.74) is 5.53. The van der Waals surface area contributed by atoms with Gasteiger partial charge in [0.25, 0.3) is 0 Å². The summed E-state index contributed by atoms with van der Waals surface area (Å²) in [6, 6.07) is 20.1. The van der Waals surface area contributed by atoms with Crippen LogP contribution in [0.15, 0.2) is 73.3 Å². The zero-order chi connectivity index (χ0) is 16.8. The van der Waals surface area contributed by atoms with E-state index in [4.69, 9.17) is 0 Å². The van der Waals surface area contributed by atoms with Crippen molar-refractivity contribution >= 4 is 17.2 Å². The maximum atomic E-state index is 12.7. The largest absolute Gasteiger partial charge is 0.298 e. The molecule has 0 saturated heterocycles. The third-order valence-electron chi connectivity index (χ3n) is 4.58. The second-order valence-electron chi connectivity index (χ2n) is 6.23. The van der Waals surface area contributed by atoms with E-state index in [-0.39, 0.29) is 12.0 Å². The zero-order valence-electron chi connectivity index (χ0n) is 13.9. The van der Waals surface area contributed by atoms with E-state index in [1.54, 1.807) is 0 Å². The van der Waals surface area contributed by atoms with Crippen molar-refractivity contribution in [2.75, 3.05) is 5.01 Å². The summed E-state index contributed by atoms with van der Waals surface area (Å²) in [6.45, 7) is 3.76. The molecule has 3 heteroatoms. The van der Waals surface area contributed by atoms with Gasteiger partial charge in [-0.2, -0.15) is 0 Å². The molecule has 1 fully saturated rings. The Morgan fingerprint density at radius 1 is 1.00 bits per heavy atom. The molecule has 1 aliphatic carbocycles. The van der Waals surface area contributed by atoms with Gasteiger partial charge in [-0.05, 0) is 49.9 Å². The number of rotatable bonds is 7. The van der Waals surface area contributed by atoms with Crippen LogP contribution in [0, 0.1) is 5.92 Å². The van der Waals surface area contributed by atoms with Gasteiger partial charge in [-0.25, -0.2) is 5.43 Å². The molecule has 1 N–H and O–H groups in total. The van der Waals surface area contributed by atoms with Crippen molar-refractivity contribution in [3.05, 3.63) is 73.3 Å². The lowest BCUT2D eigenvalue weighted by Gasteiger charge is -2.28. The summed E-state index contributed by atoms with van der Waals surface area (Å²) in [4.78, 5) is 12.7. The van der Waals surface area contributed by atoms with Gasteiger partial charge in [0.05, 0.1) is 17.4 Å². The number of para-hydroxylation sites is 2. The van der Waals surface area contributed by atoms with Crippen LogP contribution in [0.5, 0.6) is 0 Å². The van der Waals surface area contributed by atoms with Crippen LogP contribution in [0.3, 0.4) is 0 Å². The first-order valence-corrected chi connectivity index (χ1v) is 8.60. The fourth-order valence-electron chi connectivity index (χ4n) is 3.28. The van der Waals surface area contributed by atoms with E-state index in [1.165, 1.54) is 0 Å². The highest BCUT2D eigenvalue weighted by Crippen LogP contribution is 2.29. The smallest absolute Gasteiger partial charge is 0.154 e. The first-order valence-electron chi connectivity index (χ1n) is 8.60. The Kier molecular flexibility index (Phi) is 5.44. The fourth-order valence-corrected chi connectivity index (χ4v) is 3.28. The van der Waals surface area contributed by atoms with Crippen molar-refractivity contribution in [3.63, 3.8) is 0 Å². The van der Waals surface area contributed by atoms with Crippen molar-refractivity contribution < 1.29 is 4.79 Å². The Morgan fingerprint density at radius 2 is 1.58 bits per heavy atom. The van der Waals surface area contributed by atoms with Crippen LogP contribution in [-0.4, -0.2) is 11.8 Å². The second kappa shape index (κ2) is 7.93. The molecule has 2 aromatic rings. The predicted octanol–water partition coefficient (Wildman–Crippen LogP) is 4.64. The Balaban J connectivity index is 1.78. The second-order valence-corrected chi connectivity index (χ2v) is 6.23. The first-order chi connectivity index (χ1) is 11.8. The SMILES string of the molecule is C=CCCC1CCC(NN(c2ccccc2)c2ccccc2)C1=O. The summed E-state index contributed by atoms with van der Waals surface area (Å²) in [7, 11) is 0. The van der Waals surface area contributed by atoms with Crippen LogP contribution in [0.4, 0.5) is 11.4 Å². The van der Waals surface area contributed by atoms with E-state index in [1.807, 2.05) is 47.5 Å². The summed E-state index contributed by atoms with van der Waals surface area (Å²) >= 11 is 0. The van der Waals surface area contributed by atoms with Gasteiger partial charge in [-0.1, -0.05) is 42.5 Å². The molecule has 124 valence electrons. The maximum absolute atomic E-state index is 12.7. The molecule has 2 aromatic carbocycles. The lowest BCUT2D eigenvalue weighted by molar-refractivity contribution is -0.122. The first kappa shape index (κ1) is 16.5. The van der Waals surface area contributed by atoms with E-state index in [2.05, 4.69) is 36.3 Å². The molecule has 3 rings (SSSR count). The van der Waals surface area contributed by atoms with Crippen LogP contribution in [0.25, 0.3) is 0 Å². The summed E-state index contributed by atoms with van der Waals surface area (Å²) < 4.78 is 0. The number of benzene rings is 2. The molecule has 3 nitrogen and oxygen atoms in total. The van der Waals surface area contributed by atoms with Gasteiger partial charge >= 0.3 is 0 Å². The molecule has 24 heavy (non-hydrogen) atoms. The molecule has 0 heterocycles. The van der Waals surface area contributed by atoms with Crippen LogP contribution in [0.2, 0.25) is 0 Å². The predicted molar refractivity (Wildman–Crippen MR) is 99.1 cm³/mol. The number of hydrazine groups is 1. The normalized spacial score (nSPS) is 20.1. The number of carbonyl (C=O) groups excluding carboxylic acids is 1. The average molecular weight is 320 g/mol. The number of nitrogens with one attached hydrogen (secondary N) is 1. The van der Waals surface area contributed by atoms with E-state index < -0.39 is 0 Å². The number of allylic oxidation sites excluding steroid dienone is 1. The van der Waals surface area contributed by atoms with Gasteiger partial charge in [0.15, 0.2) is 5.78 Å². The monoisotopic (exact) mass is 320 g/mol. The van der Waals surface area contributed by atoms with Gasteiger partial charge < -0.3 is 0 Å². The van der Waals surface area contributed by atoms with Gasteiger partial charge in [-0.3, -0.25) is 9.80 Å². The quantitative estimate of drug-likeness (QED) is 0.595. The van der Waals surface area contributed by atoms with Crippen molar-refractivity contribution in [1.29, 1.82) is 0 Å². The molecule has 0 radical (unpaired) electrons. The highest BCUT2D eigenvalue weighted by atomic mass is 16.1. The van der Waals surface area contributed by atoms with Gasteiger partial charge in [0.2, 0.25) is 0 Å². The van der Waals surface area contributed by atoms with Crippen LogP contribution in [0.1, 0.15) is 25.7 Å². The molecule has 2 atom stereocenters. The molecule has 1 saturated carbocycles. The van der Waals surface area contributed by atoms with E-state index >= 15 is 0 Å². The third kappa shape index (κ3) is 3.74. The standard InChI is InChI=1S/C21H24N2O/c1-2-3-10-17-15-16-20(21(17)24)22-23(18-11-6-4-7-12-18)19-13-8-5-9-14-19/h2,4-9,11-14,17,20,22H,1,3,10,15-16H2. The molecule has 2 unspecified atom stereocenters. The molecule has 0 bridgehead atoms.